The van der Waals surface area contributed by atoms with Crippen molar-refractivity contribution in [2.24, 2.45) is 5.73 Å². The molecule has 0 saturated carbocycles. The van der Waals surface area contributed by atoms with Crippen molar-refractivity contribution < 1.29 is 14.3 Å². The number of nitrogens with zero attached hydrogens (tertiary/aromatic N) is 4. The maximum absolute atomic E-state index is 12.8. The lowest BCUT2D eigenvalue weighted by Crippen LogP contribution is -2.12. The molecule has 2 aromatic carbocycles. The van der Waals surface area contributed by atoms with Crippen LogP contribution in [-0.4, -0.2) is 26.2 Å². The molecule has 5 rings (SSSR count). The standard InChI is InChI=1S/C30H22N6O3/c1-3-25(37)35-21-11-7-20(8-12-21)29-27(28(30(32)38)24-16-33-22(15-31)17-36(24)29)19-9-13-23(14-10-19)39-26-6-4-5-18(2)34-26/h3-14,16-17H,1H2,2H3,(H2,32,38)(H,35,37). The Labute approximate surface area is 223 Å². The molecule has 0 unspecified atom stereocenters. The number of anilines is 1. The molecule has 2 amide bonds. The zero-order valence-electron chi connectivity index (χ0n) is 20.9. The summed E-state index contributed by atoms with van der Waals surface area (Å²) in [6, 6.07) is 21.9. The number of carbonyl (C=O) groups is 2. The van der Waals surface area contributed by atoms with E-state index in [1.54, 1.807) is 40.9 Å². The minimum absolute atomic E-state index is 0.172. The van der Waals surface area contributed by atoms with Crippen LogP contribution in [0.25, 0.3) is 27.9 Å². The maximum atomic E-state index is 12.8. The number of aromatic nitrogens is 3. The highest BCUT2D eigenvalue weighted by molar-refractivity contribution is 6.10. The van der Waals surface area contributed by atoms with E-state index >= 15 is 0 Å². The molecule has 0 aliphatic rings. The number of hydrogen-bond donors (Lipinski definition) is 2. The molecule has 3 N–H and O–H groups in total. The highest BCUT2D eigenvalue weighted by Gasteiger charge is 2.25. The molecule has 0 spiro atoms. The minimum atomic E-state index is -0.639. The largest absolute Gasteiger partial charge is 0.439 e. The van der Waals surface area contributed by atoms with Crippen LogP contribution in [0.15, 0.2) is 91.8 Å². The number of aryl methyl sites for hydroxylation is 1. The summed E-state index contributed by atoms with van der Waals surface area (Å²) in [7, 11) is 0. The number of pyridine rings is 1. The summed E-state index contributed by atoms with van der Waals surface area (Å²) in [5.74, 6) is 0.0630. The third kappa shape index (κ3) is 4.95. The van der Waals surface area contributed by atoms with Gasteiger partial charge in [-0.3, -0.25) is 9.59 Å². The lowest BCUT2D eigenvalue weighted by atomic mass is 9.96. The van der Waals surface area contributed by atoms with Gasteiger partial charge in [0.05, 0.1) is 23.0 Å². The molecule has 190 valence electrons. The molecule has 0 saturated heterocycles. The summed E-state index contributed by atoms with van der Waals surface area (Å²) in [5, 5.41) is 12.2. The Kier molecular flexibility index (Phi) is 6.59. The van der Waals surface area contributed by atoms with E-state index in [9.17, 15) is 14.9 Å². The minimum Gasteiger partial charge on any atom is -0.439 e. The third-order valence-electron chi connectivity index (χ3n) is 6.02. The first-order chi connectivity index (χ1) is 18.9. The van der Waals surface area contributed by atoms with E-state index in [0.29, 0.717) is 39.7 Å². The Bertz CT molecular complexity index is 1780. The Morgan fingerprint density at radius 1 is 1.08 bits per heavy atom. The van der Waals surface area contributed by atoms with E-state index in [2.05, 4.69) is 21.9 Å². The van der Waals surface area contributed by atoms with Crippen molar-refractivity contribution in [3.63, 3.8) is 0 Å². The molecule has 0 aliphatic carbocycles. The number of benzene rings is 2. The van der Waals surface area contributed by atoms with Crippen LogP contribution in [0.5, 0.6) is 11.6 Å². The third-order valence-corrected chi connectivity index (χ3v) is 6.02. The Morgan fingerprint density at radius 3 is 2.44 bits per heavy atom. The normalized spacial score (nSPS) is 10.6. The van der Waals surface area contributed by atoms with E-state index in [-0.39, 0.29) is 17.2 Å². The maximum Gasteiger partial charge on any atom is 0.251 e. The number of carbonyl (C=O) groups excluding carboxylic acids is 2. The number of amides is 2. The van der Waals surface area contributed by atoms with Gasteiger partial charge in [0, 0.05) is 29.2 Å². The van der Waals surface area contributed by atoms with Crippen molar-refractivity contribution in [2.45, 2.75) is 6.92 Å². The van der Waals surface area contributed by atoms with Crippen LogP contribution >= 0.6 is 0 Å². The van der Waals surface area contributed by atoms with Gasteiger partial charge in [-0.15, -0.1) is 0 Å². The Hall–Kier alpha value is -5.75. The number of nitriles is 1. The summed E-state index contributed by atoms with van der Waals surface area (Å²) in [5.41, 5.74) is 10.8. The van der Waals surface area contributed by atoms with Crippen molar-refractivity contribution in [1.29, 1.82) is 5.26 Å². The molecule has 3 aromatic heterocycles. The summed E-state index contributed by atoms with van der Waals surface area (Å²) in [6.07, 6.45) is 4.21. The fourth-order valence-electron chi connectivity index (χ4n) is 4.32. The summed E-state index contributed by atoms with van der Waals surface area (Å²) < 4.78 is 7.63. The van der Waals surface area contributed by atoms with Crippen molar-refractivity contribution in [3.05, 3.63) is 109 Å². The second kappa shape index (κ2) is 10.3. The van der Waals surface area contributed by atoms with Gasteiger partial charge in [0.1, 0.15) is 11.8 Å². The number of ether oxygens (including phenoxy) is 1. The first kappa shape index (κ1) is 24.9. The second-order valence-corrected chi connectivity index (χ2v) is 8.62. The molecular weight excluding hydrogens is 492 g/mol. The van der Waals surface area contributed by atoms with Crippen LogP contribution in [0.2, 0.25) is 0 Å². The molecule has 39 heavy (non-hydrogen) atoms. The van der Waals surface area contributed by atoms with Crippen LogP contribution in [0.1, 0.15) is 21.7 Å². The summed E-state index contributed by atoms with van der Waals surface area (Å²) in [6.45, 7) is 5.35. The van der Waals surface area contributed by atoms with E-state index in [4.69, 9.17) is 10.5 Å². The van der Waals surface area contributed by atoms with E-state index in [0.717, 1.165) is 11.3 Å². The fourth-order valence-corrected chi connectivity index (χ4v) is 4.32. The average molecular weight is 515 g/mol. The molecular formula is C30H22N6O3. The van der Waals surface area contributed by atoms with Gasteiger partial charge in [0.15, 0.2) is 5.69 Å². The van der Waals surface area contributed by atoms with Crippen LogP contribution in [0.4, 0.5) is 5.69 Å². The Balaban J connectivity index is 1.67. The predicted molar refractivity (Wildman–Crippen MR) is 147 cm³/mol. The summed E-state index contributed by atoms with van der Waals surface area (Å²) in [4.78, 5) is 33.0. The van der Waals surface area contributed by atoms with E-state index < -0.39 is 5.91 Å². The number of nitrogens with one attached hydrogen (secondary N) is 1. The van der Waals surface area contributed by atoms with E-state index in [1.165, 1.54) is 12.3 Å². The number of primary amides is 1. The molecule has 9 heteroatoms. The predicted octanol–water partition coefficient (Wildman–Crippen LogP) is 5.26. The van der Waals surface area contributed by atoms with Crippen molar-refractivity contribution in [1.82, 2.24) is 14.4 Å². The molecule has 5 aromatic rings. The number of fused-ring (bicyclic) bond motifs is 1. The highest BCUT2D eigenvalue weighted by Crippen LogP contribution is 2.40. The topological polar surface area (TPSA) is 135 Å². The molecule has 0 atom stereocenters. The zero-order chi connectivity index (χ0) is 27.5. The van der Waals surface area contributed by atoms with Crippen LogP contribution in [0, 0.1) is 18.3 Å². The first-order valence-corrected chi connectivity index (χ1v) is 11.9. The smallest absolute Gasteiger partial charge is 0.251 e. The van der Waals surface area contributed by atoms with Crippen LogP contribution in [0.3, 0.4) is 0 Å². The number of rotatable bonds is 7. The van der Waals surface area contributed by atoms with Gasteiger partial charge in [-0.1, -0.05) is 36.9 Å². The lowest BCUT2D eigenvalue weighted by Gasteiger charge is -2.11. The lowest BCUT2D eigenvalue weighted by molar-refractivity contribution is -0.111. The van der Waals surface area contributed by atoms with Crippen molar-refractivity contribution >= 4 is 23.0 Å². The van der Waals surface area contributed by atoms with Gasteiger partial charge >= 0.3 is 0 Å². The zero-order valence-corrected chi connectivity index (χ0v) is 20.9. The second-order valence-electron chi connectivity index (χ2n) is 8.62. The van der Waals surface area contributed by atoms with Gasteiger partial charge in [0.2, 0.25) is 11.8 Å². The quantitative estimate of drug-likeness (QED) is 0.285. The molecule has 0 fully saturated rings. The SMILES string of the molecule is C=CC(=O)Nc1ccc(-c2c(-c3ccc(Oc4cccc(C)n4)cc3)c(C(N)=O)c3cnc(C#N)cn23)cc1. The van der Waals surface area contributed by atoms with Crippen LogP contribution in [-0.2, 0) is 4.79 Å². The monoisotopic (exact) mass is 514 g/mol. The number of nitrogens with two attached hydrogens (primary N) is 1. The summed E-state index contributed by atoms with van der Waals surface area (Å²) >= 11 is 0. The van der Waals surface area contributed by atoms with Gasteiger partial charge < -0.3 is 20.2 Å². The molecule has 3 heterocycles. The average Bonchev–Trinajstić information content (AvgIpc) is 3.28. The van der Waals surface area contributed by atoms with Crippen molar-refractivity contribution in [3.8, 4) is 40.1 Å². The Morgan fingerprint density at radius 2 is 1.79 bits per heavy atom. The fraction of sp³-hybridized carbons (Fsp3) is 0.0333. The van der Waals surface area contributed by atoms with Gasteiger partial charge in [-0.2, -0.15) is 5.26 Å². The first-order valence-electron chi connectivity index (χ1n) is 11.9. The molecule has 0 bridgehead atoms. The molecule has 0 aliphatic heterocycles. The number of hydrogen-bond acceptors (Lipinski definition) is 6. The highest BCUT2D eigenvalue weighted by atomic mass is 16.5. The van der Waals surface area contributed by atoms with Crippen molar-refractivity contribution in [2.75, 3.05) is 5.32 Å². The molecule has 9 nitrogen and oxygen atoms in total. The van der Waals surface area contributed by atoms with E-state index in [1.807, 2.05) is 49.4 Å². The van der Waals surface area contributed by atoms with Gasteiger partial charge in [-0.05, 0) is 54.5 Å². The van der Waals surface area contributed by atoms with Crippen LogP contribution < -0.4 is 15.8 Å². The molecule has 0 radical (unpaired) electrons. The van der Waals surface area contributed by atoms with Gasteiger partial charge in [-0.25, -0.2) is 9.97 Å². The van der Waals surface area contributed by atoms with Gasteiger partial charge in [0.25, 0.3) is 5.91 Å².